The first-order valence-electron chi connectivity index (χ1n) is 22.5. The molecule has 0 amide bonds. The van der Waals surface area contributed by atoms with Gasteiger partial charge in [0.15, 0.2) is 0 Å². The zero-order valence-corrected chi connectivity index (χ0v) is 34.7. The minimum atomic E-state index is -0.250. The number of rotatable bonds is 26. The van der Waals surface area contributed by atoms with Crippen molar-refractivity contribution >= 4 is 12.9 Å². The fourth-order valence-electron chi connectivity index (χ4n) is 8.11. The molecule has 51 heavy (non-hydrogen) atoms. The van der Waals surface area contributed by atoms with Crippen molar-refractivity contribution in [2.75, 3.05) is 26.2 Å². The van der Waals surface area contributed by atoms with Crippen molar-refractivity contribution < 1.29 is 24.9 Å². The zero-order valence-electron chi connectivity index (χ0n) is 34.7. The molecule has 0 bridgehead atoms. The first kappa shape index (κ1) is 52.0. The van der Waals surface area contributed by atoms with Crippen LogP contribution < -0.4 is 0 Å². The van der Waals surface area contributed by atoms with E-state index in [0.29, 0.717) is 6.61 Å². The lowest BCUT2D eigenvalue weighted by molar-refractivity contribution is -0.123. The molecule has 0 heterocycles. The average molecular weight is 726 g/mol. The highest BCUT2D eigenvalue weighted by Gasteiger charge is 2.13. The summed E-state index contributed by atoms with van der Waals surface area (Å²) in [7, 11) is 0. The molecule has 6 heteroatoms. The molecule has 1 unspecified atom stereocenters. The van der Waals surface area contributed by atoms with Crippen LogP contribution >= 0.6 is 0 Å². The van der Waals surface area contributed by atoms with Gasteiger partial charge >= 0.3 is 0 Å². The van der Waals surface area contributed by atoms with E-state index in [1.54, 1.807) is 0 Å². The van der Waals surface area contributed by atoms with Gasteiger partial charge in [-0.3, -0.25) is 9.59 Å². The second-order valence-electron chi connectivity index (χ2n) is 16.1. The summed E-state index contributed by atoms with van der Waals surface area (Å²) in [5, 5.41) is 23.4. The Morgan fingerprint density at radius 3 is 1.27 bits per heavy atom. The van der Waals surface area contributed by atoms with E-state index in [9.17, 15) is 5.11 Å². The Hall–Kier alpha value is -1.14. The Labute approximate surface area is 318 Å². The summed E-state index contributed by atoms with van der Waals surface area (Å²) in [5.74, 6) is 2.83. The van der Waals surface area contributed by atoms with Gasteiger partial charge in [0.25, 0.3) is 12.9 Å². The molecular weight excluding hydrogens is 634 g/mol. The Balaban J connectivity index is 0. The van der Waals surface area contributed by atoms with Gasteiger partial charge in [-0.25, -0.2) is 0 Å². The molecule has 1 fully saturated rings. The predicted octanol–water partition coefficient (Wildman–Crippen LogP) is 13.5. The first-order chi connectivity index (χ1) is 25.0. The molecule has 6 nitrogen and oxygen atoms in total. The van der Waals surface area contributed by atoms with Crippen LogP contribution in [-0.2, 0) is 9.59 Å². The summed E-state index contributed by atoms with van der Waals surface area (Å²) in [4.78, 5) is 19.3. The van der Waals surface area contributed by atoms with Crippen LogP contribution in [0.25, 0.3) is 0 Å². The Morgan fingerprint density at radius 1 is 0.529 bits per heavy atom. The molecule has 1 atom stereocenters. The standard InChI is InChI=1S/C43H87NO.2CH2O2/c1-4-5-6-28-35-43(41(2)3)36-29-22-16-13-17-23-30-37-44(39-40-45)38-31-24-18-21-27-34-42-32-25-19-14-11-9-7-8-10-12-15-20-26-33-42;2*2-1-3/h41-43,45H,4-40H2,1-3H3;2*1H,(H,2,3). The number of nitrogens with zero attached hydrogens (tertiary/aromatic N) is 1. The van der Waals surface area contributed by atoms with Crippen molar-refractivity contribution in [2.45, 2.75) is 233 Å². The summed E-state index contributed by atoms with van der Waals surface area (Å²) in [5.41, 5.74) is 0. The number of carboxylic acid groups (broad SMARTS) is 2. The summed E-state index contributed by atoms with van der Waals surface area (Å²) < 4.78 is 0. The highest BCUT2D eigenvalue weighted by molar-refractivity contribution is 5.33. The third-order valence-electron chi connectivity index (χ3n) is 11.4. The molecule has 1 aliphatic carbocycles. The van der Waals surface area contributed by atoms with E-state index in [1.165, 1.54) is 225 Å². The fourth-order valence-corrected chi connectivity index (χ4v) is 8.11. The van der Waals surface area contributed by atoms with Crippen LogP contribution in [0.15, 0.2) is 0 Å². The van der Waals surface area contributed by atoms with Gasteiger partial charge in [0.2, 0.25) is 0 Å². The zero-order chi connectivity index (χ0) is 37.9. The lowest BCUT2D eigenvalue weighted by Crippen LogP contribution is -2.29. The van der Waals surface area contributed by atoms with Crippen LogP contribution in [0.1, 0.15) is 233 Å². The number of aliphatic hydroxyl groups excluding tert-OH is 1. The molecule has 3 N–H and O–H groups in total. The van der Waals surface area contributed by atoms with Crippen LogP contribution in [-0.4, -0.2) is 59.4 Å². The van der Waals surface area contributed by atoms with E-state index in [0.717, 1.165) is 24.3 Å². The van der Waals surface area contributed by atoms with Gasteiger partial charge in [-0.1, -0.05) is 220 Å². The Morgan fingerprint density at radius 2 is 0.882 bits per heavy atom. The van der Waals surface area contributed by atoms with Crippen LogP contribution in [0.3, 0.4) is 0 Å². The maximum atomic E-state index is 9.60. The first-order valence-corrected chi connectivity index (χ1v) is 22.5. The van der Waals surface area contributed by atoms with Crippen molar-refractivity contribution in [2.24, 2.45) is 17.8 Å². The van der Waals surface area contributed by atoms with E-state index in [4.69, 9.17) is 19.8 Å². The molecule has 0 saturated heterocycles. The third-order valence-corrected chi connectivity index (χ3v) is 11.4. The second kappa shape index (κ2) is 45.0. The van der Waals surface area contributed by atoms with Crippen molar-refractivity contribution in [3.8, 4) is 0 Å². The van der Waals surface area contributed by atoms with E-state index >= 15 is 0 Å². The summed E-state index contributed by atoms with van der Waals surface area (Å²) >= 11 is 0. The van der Waals surface area contributed by atoms with Crippen molar-refractivity contribution in [3.63, 3.8) is 0 Å². The van der Waals surface area contributed by atoms with Crippen LogP contribution in [0.5, 0.6) is 0 Å². The number of hydrogen-bond acceptors (Lipinski definition) is 4. The fraction of sp³-hybridized carbons (Fsp3) is 0.956. The van der Waals surface area contributed by atoms with Gasteiger partial charge in [-0.2, -0.15) is 0 Å². The van der Waals surface area contributed by atoms with E-state index < -0.39 is 0 Å². The average Bonchev–Trinajstić information content (AvgIpc) is 3.12. The molecule has 1 aliphatic rings. The number of unbranched alkanes of at least 4 members (excludes halogenated alkanes) is 13. The van der Waals surface area contributed by atoms with Crippen LogP contribution in [0.4, 0.5) is 0 Å². The monoisotopic (exact) mass is 726 g/mol. The summed E-state index contributed by atoms with van der Waals surface area (Å²) in [6.45, 7) is 10.3. The second-order valence-corrected chi connectivity index (χ2v) is 16.1. The molecule has 0 radical (unpaired) electrons. The van der Waals surface area contributed by atoms with E-state index in [-0.39, 0.29) is 12.9 Å². The van der Waals surface area contributed by atoms with E-state index in [2.05, 4.69) is 25.7 Å². The summed E-state index contributed by atoms with van der Waals surface area (Å²) in [6.07, 6.45) is 47.8. The highest BCUT2D eigenvalue weighted by atomic mass is 16.3. The normalized spacial score (nSPS) is 15.9. The van der Waals surface area contributed by atoms with Gasteiger partial charge in [-0.15, -0.1) is 0 Å². The molecule has 0 aromatic carbocycles. The maximum Gasteiger partial charge on any atom is 0.290 e. The van der Waals surface area contributed by atoms with Crippen molar-refractivity contribution in [1.82, 2.24) is 4.90 Å². The van der Waals surface area contributed by atoms with Crippen molar-refractivity contribution in [1.29, 1.82) is 0 Å². The molecule has 1 rings (SSSR count). The lowest BCUT2D eigenvalue weighted by Gasteiger charge is -2.21. The van der Waals surface area contributed by atoms with Gasteiger partial charge in [0.1, 0.15) is 0 Å². The van der Waals surface area contributed by atoms with Gasteiger partial charge in [0, 0.05) is 6.54 Å². The van der Waals surface area contributed by atoms with Crippen molar-refractivity contribution in [3.05, 3.63) is 0 Å². The minimum Gasteiger partial charge on any atom is -0.483 e. The Bertz CT molecular complexity index is 639. The SMILES string of the molecule is CCCCCCC(CCCCCCCCCN(CCO)CCCCCCCC1CCCCCCCCCCCCCC1)C(C)C.O=CO.O=CO. The number of aliphatic hydroxyl groups is 1. The molecule has 0 spiro atoms. The molecule has 1 saturated carbocycles. The quantitative estimate of drug-likeness (QED) is 0.0606. The van der Waals surface area contributed by atoms with Gasteiger partial charge in [-0.05, 0) is 43.7 Å². The maximum absolute atomic E-state index is 9.60. The molecule has 306 valence electrons. The van der Waals surface area contributed by atoms with Crippen LogP contribution in [0, 0.1) is 17.8 Å². The summed E-state index contributed by atoms with van der Waals surface area (Å²) in [6, 6.07) is 0. The van der Waals surface area contributed by atoms with Crippen LogP contribution in [0.2, 0.25) is 0 Å². The molecule has 0 aromatic heterocycles. The topological polar surface area (TPSA) is 98.1 Å². The smallest absolute Gasteiger partial charge is 0.290 e. The van der Waals surface area contributed by atoms with Gasteiger partial charge < -0.3 is 20.2 Å². The third kappa shape index (κ3) is 41.5. The molecular formula is C45H91NO5. The van der Waals surface area contributed by atoms with E-state index in [1.807, 2.05) is 0 Å². The number of hydrogen-bond donors (Lipinski definition) is 3. The highest BCUT2D eigenvalue weighted by Crippen LogP contribution is 2.27. The lowest BCUT2D eigenvalue weighted by atomic mass is 9.85. The molecule has 0 aliphatic heterocycles. The Kier molecular flexibility index (Phi) is 45.9. The van der Waals surface area contributed by atoms with Gasteiger partial charge in [0.05, 0.1) is 6.61 Å². The molecule has 0 aromatic rings. The largest absolute Gasteiger partial charge is 0.483 e. The number of carbonyl (C=O) groups is 2. The predicted molar refractivity (Wildman–Crippen MR) is 221 cm³/mol. The minimum absolute atomic E-state index is 0.250.